The van der Waals surface area contributed by atoms with Gasteiger partial charge >= 0.3 is 0 Å². The first kappa shape index (κ1) is 16.7. The molecule has 1 aliphatic heterocycles. The summed E-state index contributed by atoms with van der Waals surface area (Å²) in [7, 11) is 1.66. The molecule has 2 aromatic rings. The molecule has 0 radical (unpaired) electrons. The quantitative estimate of drug-likeness (QED) is 0.875. The van der Waals surface area contributed by atoms with E-state index >= 15 is 0 Å². The van der Waals surface area contributed by atoms with Crippen LogP contribution in [0.2, 0.25) is 0 Å². The molecule has 2 aliphatic rings. The zero-order chi connectivity index (χ0) is 18.5. The first-order valence-corrected chi connectivity index (χ1v) is 9.36. The van der Waals surface area contributed by atoms with Gasteiger partial charge in [-0.05, 0) is 43.9 Å². The van der Waals surface area contributed by atoms with Gasteiger partial charge in [0.15, 0.2) is 5.96 Å². The molecule has 4 rings (SSSR count). The molecule has 2 atom stereocenters. The van der Waals surface area contributed by atoms with Crippen LogP contribution in [0.1, 0.15) is 30.2 Å². The zero-order valence-electron chi connectivity index (χ0n) is 14.6. The van der Waals surface area contributed by atoms with Crippen molar-refractivity contribution < 1.29 is 4.79 Å². The van der Waals surface area contributed by atoms with Crippen molar-refractivity contribution in [3.8, 4) is 16.5 Å². The van der Waals surface area contributed by atoms with Gasteiger partial charge in [0.1, 0.15) is 6.07 Å². The molecular formula is C19H19N5OS. The average molecular weight is 365 g/mol. The maximum absolute atomic E-state index is 12.9. The number of carbonyl (C=O) groups excluding carboxylic acids is 1. The van der Waals surface area contributed by atoms with Crippen LogP contribution in [0.25, 0.3) is 10.4 Å². The predicted molar refractivity (Wildman–Crippen MR) is 99.5 cm³/mol. The fourth-order valence-electron chi connectivity index (χ4n) is 3.70. The minimum Gasteiger partial charge on any atom is -0.345 e. The number of hydrogen-bond acceptors (Lipinski definition) is 5. The fourth-order valence-corrected chi connectivity index (χ4v) is 4.83. The molecule has 26 heavy (non-hydrogen) atoms. The summed E-state index contributed by atoms with van der Waals surface area (Å²) >= 11 is 1.59. The summed E-state index contributed by atoms with van der Waals surface area (Å²) in [5.41, 5.74) is 0.820. The van der Waals surface area contributed by atoms with Gasteiger partial charge in [0.2, 0.25) is 5.91 Å². The molecule has 3 heterocycles. The van der Waals surface area contributed by atoms with Gasteiger partial charge in [-0.1, -0.05) is 0 Å². The van der Waals surface area contributed by atoms with Crippen LogP contribution in [0.4, 0.5) is 0 Å². The van der Waals surface area contributed by atoms with E-state index in [1.807, 2.05) is 25.1 Å². The number of aromatic nitrogens is 1. The smallest absolute Gasteiger partial charge is 0.235 e. The highest BCUT2D eigenvalue weighted by Crippen LogP contribution is 2.50. The molecule has 0 unspecified atom stereocenters. The van der Waals surface area contributed by atoms with Crippen LogP contribution in [0.15, 0.2) is 30.6 Å². The van der Waals surface area contributed by atoms with E-state index in [2.05, 4.69) is 16.4 Å². The molecule has 1 saturated carbocycles. The number of carbonyl (C=O) groups is 1. The second kappa shape index (κ2) is 5.92. The highest BCUT2D eigenvalue weighted by molar-refractivity contribution is 7.15. The van der Waals surface area contributed by atoms with Crippen LogP contribution < -0.4 is 5.32 Å². The molecule has 2 aromatic heterocycles. The summed E-state index contributed by atoms with van der Waals surface area (Å²) in [4.78, 5) is 20.4. The van der Waals surface area contributed by atoms with E-state index < -0.39 is 5.54 Å². The van der Waals surface area contributed by atoms with Crippen LogP contribution >= 0.6 is 11.3 Å². The molecule has 1 amide bonds. The Labute approximate surface area is 156 Å². The van der Waals surface area contributed by atoms with E-state index in [-0.39, 0.29) is 17.8 Å². The number of nitrogens with zero attached hydrogens (tertiary/aromatic N) is 3. The van der Waals surface area contributed by atoms with Gasteiger partial charge < -0.3 is 5.32 Å². The number of amides is 1. The molecule has 1 aliphatic carbocycles. The lowest BCUT2D eigenvalue weighted by Gasteiger charge is -2.45. The molecule has 1 saturated heterocycles. The van der Waals surface area contributed by atoms with Crippen LogP contribution in [0.5, 0.6) is 0 Å². The van der Waals surface area contributed by atoms with Gasteiger partial charge in [-0.3, -0.25) is 20.1 Å². The standard InChI is InChI=1S/C19H19N5OS/c1-19(16(12-3-4-12)17(25)24(2)18(21)23-19)15-6-5-14(26-15)13-7-11(8-20)9-22-10-13/h5-7,9-10,12,16H,3-4H2,1-2H3,(H2,21,23)/t16-,19-/m1/s1. The number of guanidine groups is 1. The van der Waals surface area contributed by atoms with Crippen molar-refractivity contribution in [1.82, 2.24) is 15.2 Å². The molecule has 7 heteroatoms. The molecule has 132 valence electrons. The Morgan fingerprint density at radius 3 is 2.88 bits per heavy atom. The first-order chi connectivity index (χ1) is 12.4. The van der Waals surface area contributed by atoms with Gasteiger partial charge in [-0.15, -0.1) is 11.3 Å². The van der Waals surface area contributed by atoms with Crippen molar-refractivity contribution in [3.63, 3.8) is 0 Å². The van der Waals surface area contributed by atoms with Gasteiger partial charge in [0.05, 0.1) is 17.0 Å². The monoisotopic (exact) mass is 365 g/mol. The largest absolute Gasteiger partial charge is 0.345 e. The number of hydrogen-bond donors (Lipinski definition) is 2. The summed E-state index contributed by atoms with van der Waals surface area (Å²) in [6, 6.07) is 7.95. The summed E-state index contributed by atoms with van der Waals surface area (Å²) in [5.74, 6) is 0.348. The lowest BCUT2D eigenvalue weighted by molar-refractivity contribution is -0.136. The topological polar surface area (TPSA) is 92.9 Å². The Bertz CT molecular complexity index is 941. The molecule has 2 fully saturated rings. The van der Waals surface area contributed by atoms with Crippen molar-refractivity contribution >= 4 is 23.2 Å². The van der Waals surface area contributed by atoms with Crippen LogP contribution in [-0.4, -0.2) is 28.8 Å². The summed E-state index contributed by atoms with van der Waals surface area (Å²) in [5, 5.41) is 20.5. The molecule has 0 bridgehead atoms. The van der Waals surface area contributed by atoms with Gasteiger partial charge in [0, 0.05) is 34.8 Å². The predicted octanol–water partition coefficient (Wildman–Crippen LogP) is 2.92. The van der Waals surface area contributed by atoms with Crippen molar-refractivity contribution in [3.05, 3.63) is 41.0 Å². The number of nitriles is 1. The highest BCUT2D eigenvalue weighted by Gasteiger charge is 2.54. The van der Waals surface area contributed by atoms with Crippen molar-refractivity contribution in [2.45, 2.75) is 25.3 Å². The molecule has 2 N–H and O–H groups in total. The van der Waals surface area contributed by atoms with E-state index in [0.29, 0.717) is 11.5 Å². The van der Waals surface area contributed by atoms with Crippen LogP contribution in [0, 0.1) is 28.6 Å². The number of nitrogens with one attached hydrogen (secondary N) is 2. The molecule has 0 aromatic carbocycles. The second-order valence-corrected chi connectivity index (χ2v) is 8.21. The van der Waals surface area contributed by atoms with Crippen LogP contribution in [-0.2, 0) is 10.3 Å². The van der Waals surface area contributed by atoms with E-state index in [1.165, 1.54) is 4.90 Å². The lowest BCUT2D eigenvalue weighted by Crippen LogP contribution is -2.64. The maximum Gasteiger partial charge on any atom is 0.235 e. The minimum absolute atomic E-state index is 0.0156. The van der Waals surface area contributed by atoms with Gasteiger partial charge in [-0.2, -0.15) is 5.26 Å². The lowest BCUT2D eigenvalue weighted by atomic mass is 9.78. The Hall–Kier alpha value is -2.72. The molecule has 0 spiro atoms. The number of pyridine rings is 1. The highest BCUT2D eigenvalue weighted by atomic mass is 32.1. The minimum atomic E-state index is -0.592. The van der Waals surface area contributed by atoms with E-state index in [1.54, 1.807) is 30.8 Å². The van der Waals surface area contributed by atoms with Gasteiger partial charge in [-0.25, -0.2) is 0 Å². The van der Waals surface area contributed by atoms with E-state index in [4.69, 9.17) is 10.7 Å². The van der Waals surface area contributed by atoms with Crippen LogP contribution in [0.3, 0.4) is 0 Å². The SMILES string of the molecule is CN1C(=N)N[C@](C)(c2ccc(-c3cncc(C#N)c3)s2)[C@H](C2CC2)C1=O. The number of thiophene rings is 1. The Morgan fingerprint density at radius 1 is 1.42 bits per heavy atom. The van der Waals surface area contributed by atoms with Crippen molar-refractivity contribution in [1.29, 1.82) is 10.7 Å². The zero-order valence-corrected chi connectivity index (χ0v) is 15.4. The van der Waals surface area contributed by atoms with E-state index in [9.17, 15) is 4.79 Å². The molecule has 6 nitrogen and oxygen atoms in total. The number of rotatable bonds is 3. The molecular weight excluding hydrogens is 346 g/mol. The Morgan fingerprint density at radius 2 is 2.19 bits per heavy atom. The third-order valence-electron chi connectivity index (χ3n) is 5.30. The maximum atomic E-state index is 12.9. The summed E-state index contributed by atoms with van der Waals surface area (Å²) in [6.45, 7) is 2.02. The fraction of sp³-hybridized carbons (Fsp3) is 0.368. The van der Waals surface area contributed by atoms with Gasteiger partial charge in [0.25, 0.3) is 0 Å². The van der Waals surface area contributed by atoms with E-state index in [0.717, 1.165) is 28.2 Å². The normalized spacial score (nSPS) is 25.7. The third kappa shape index (κ3) is 2.58. The Balaban J connectivity index is 1.74. The van der Waals surface area contributed by atoms with Crippen molar-refractivity contribution in [2.24, 2.45) is 11.8 Å². The summed E-state index contributed by atoms with van der Waals surface area (Å²) < 4.78 is 0. The first-order valence-electron chi connectivity index (χ1n) is 8.54. The average Bonchev–Trinajstić information content (AvgIpc) is 3.33. The van der Waals surface area contributed by atoms with Crippen molar-refractivity contribution in [2.75, 3.05) is 7.05 Å². The third-order valence-corrected chi connectivity index (χ3v) is 6.67. The second-order valence-electron chi connectivity index (χ2n) is 7.13. The summed E-state index contributed by atoms with van der Waals surface area (Å²) in [6.07, 6.45) is 5.40. The Kier molecular flexibility index (Phi) is 3.81.